The first-order valence-electron chi connectivity index (χ1n) is 7.37. The summed E-state index contributed by atoms with van der Waals surface area (Å²) in [7, 11) is 0. The predicted molar refractivity (Wildman–Crippen MR) is 87.1 cm³/mol. The Balaban J connectivity index is 1.89. The minimum atomic E-state index is -0.330. The Bertz CT molecular complexity index is 483. The normalized spacial score (nSPS) is 19.4. The van der Waals surface area contributed by atoms with Gasteiger partial charge in [0.15, 0.2) is 0 Å². The maximum atomic E-state index is 11.9. The molecule has 0 aromatic carbocycles. The summed E-state index contributed by atoms with van der Waals surface area (Å²) in [5.74, 6) is 1.34. The molecule has 1 unspecified atom stereocenters. The molecular weight excluding hydrogens is 332 g/mol. The number of rotatable bonds is 3. The summed E-state index contributed by atoms with van der Waals surface area (Å²) >= 11 is 3.35. The third-order valence-corrected chi connectivity index (χ3v) is 4.05. The zero-order chi connectivity index (χ0) is 15.5. The van der Waals surface area contributed by atoms with Crippen LogP contribution in [0.2, 0.25) is 0 Å². The summed E-state index contributed by atoms with van der Waals surface area (Å²) < 4.78 is 0.886. The molecule has 1 saturated heterocycles. The minimum Gasteiger partial charge on any atom is -0.355 e. The third-order valence-electron chi connectivity index (χ3n) is 3.64. The summed E-state index contributed by atoms with van der Waals surface area (Å²) in [5, 5.41) is 3.06. The van der Waals surface area contributed by atoms with Gasteiger partial charge in [-0.3, -0.25) is 4.79 Å². The van der Waals surface area contributed by atoms with Crippen LogP contribution in [0, 0.1) is 11.3 Å². The minimum absolute atomic E-state index is 0.111. The highest BCUT2D eigenvalue weighted by molar-refractivity contribution is 9.10. The van der Waals surface area contributed by atoms with Crippen molar-refractivity contribution in [3.05, 3.63) is 16.9 Å². The zero-order valence-corrected chi connectivity index (χ0v) is 14.5. The van der Waals surface area contributed by atoms with Crippen molar-refractivity contribution in [3.63, 3.8) is 0 Å². The molecule has 2 rings (SSSR count). The molecule has 1 aliphatic heterocycles. The smallest absolute Gasteiger partial charge is 0.225 e. The number of hydrogen-bond acceptors (Lipinski definition) is 4. The van der Waals surface area contributed by atoms with Crippen molar-refractivity contribution in [3.8, 4) is 0 Å². The number of halogens is 1. The van der Waals surface area contributed by atoms with Gasteiger partial charge in [-0.05, 0) is 34.7 Å². The first-order chi connectivity index (χ1) is 9.86. The van der Waals surface area contributed by atoms with Crippen molar-refractivity contribution in [2.75, 3.05) is 24.5 Å². The lowest BCUT2D eigenvalue weighted by molar-refractivity contribution is -0.128. The molecule has 5 nitrogen and oxygen atoms in total. The van der Waals surface area contributed by atoms with E-state index in [4.69, 9.17) is 0 Å². The Kier molecular flexibility index (Phi) is 5.19. The first-order valence-corrected chi connectivity index (χ1v) is 8.16. The molecule has 1 aliphatic rings. The van der Waals surface area contributed by atoms with E-state index < -0.39 is 0 Å². The molecule has 1 N–H and O–H groups in total. The van der Waals surface area contributed by atoms with Crippen molar-refractivity contribution >= 4 is 27.8 Å². The first kappa shape index (κ1) is 16.2. The monoisotopic (exact) mass is 354 g/mol. The second-order valence-corrected chi connectivity index (χ2v) is 7.53. The second-order valence-electron chi connectivity index (χ2n) is 6.62. The lowest BCUT2D eigenvalue weighted by Gasteiger charge is -2.33. The van der Waals surface area contributed by atoms with Gasteiger partial charge in [0, 0.05) is 37.4 Å². The lowest BCUT2D eigenvalue weighted by atomic mass is 9.94. The number of piperidine rings is 1. The van der Waals surface area contributed by atoms with Crippen molar-refractivity contribution < 1.29 is 4.79 Å². The topological polar surface area (TPSA) is 58.1 Å². The van der Waals surface area contributed by atoms with Crippen LogP contribution < -0.4 is 10.2 Å². The summed E-state index contributed by atoms with van der Waals surface area (Å²) in [4.78, 5) is 22.8. The predicted octanol–water partition coefficient (Wildman–Crippen LogP) is 2.62. The van der Waals surface area contributed by atoms with E-state index in [0.29, 0.717) is 5.92 Å². The standard InChI is InChI=1S/C15H23BrN4O/c1-15(2,3)13(21)17-7-11-5-4-6-20(10-11)14-18-8-12(16)9-19-14/h8-9,11H,4-7,10H2,1-3H3,(H,17,21). The fraction of sp³-hybridized carbons (Fsp3) is 0.667. The molecule has 21 heavy (non-hydrogen) atoms. The van der Waals surface area contributed by atoms with Crippen LogP contribution in [0.25, 0.3) is 0 Å². The summed E-state index contributed by atoms with van der Waals surface area (Å²) in [6.07, 6.45) is 5.79. The average molecular weight is 355 g/mol. The molecule has 1 aromatic heterocycles. The molecule has 116 valence electrons. The molecule has 1 amide bonds. The number of anilines is 1. The van der Waals surface area contributed by atoms with Crippen LogP contribution in [-0.4, -0.2) is 35.5 Å². The number of carbonyl (C=O) groups excluding carboxylic acids is 1. The largest absolute Gasteiger partial charge is 0.355 e. The van der Waals surface area contributed by atoms with Gasteiger partial charge in [-0.2, -0.15) is 0 Å². The number of hydrogen-bond donors (Lipinski definition) is 1. The number of carbonyl (C=O) groups is 1. The Labute approximate surface area is 134 Å². The average Bonchev–Trinajstić information content (AvgIpc) is 2.45. The van der Waals surface area contributed by atoms with Crippen molar-refractivity contribution in [1.29, 1.82) is 0 Å². The number of aromatic nitrogens is 2. The fourth-order valence-electron chi connectivity index (χ4n) is 2.38. The molecule has 6 heteroatoms. The Morgan fingerprint density at radius 3 is 2.71 bits per heavy atom. The van der Waals surface area contributed by atoms with E-state index in [2.05, 4.69) is 36.1 Å². The summed E-state index contributed by atoms with van der Waals surface area (Å²) in [6, 6.07) is 0. The van der Waals surface area contributed by atoms with Crippen LogP contribution in [0.3, 0.4) is 0 Å². The third kappa shape index (κ3) is 4.66. The number of nitrogens with one attached hydrogen (secondary N) is 1. The van der Waals surface area contributed by atoms with E-state index >= 15 is 0 Å². The summed E-state index contributed by atoms with van der Waals surface area (Å²) in [5.41, 5.74) is -0.330. The van der Waals surface area contributed by atoms with Crippen LogP contribution >= 0.6 is 15.9 Å². The maximum Gasteiger partial charge on any atom is 0.225 e. The van der Waals surface area contributed by atoms with Gasteiger partial charge >= 0.3 is 0 Å². The molecule has 2 heterocycles. The van der Waals surface area contributed by atoms with Crippen molar-refractivity contribution in [1.82, 2.24) is 15.3 Å². The van der Waals surface area contributed by atoms with Crippen molar-refractivity contribution in [2.45, 2.75) is 33.6 Å². The highest BCUT2D eigenvalue weighted by Crippen LogP contribution is 2.21. The van der Waals surface area contributed by atoms with Gasteiger partial charge in [-0.25, -0.2) is 9.97 Å². The van der Waals surface area contributed by atoms with E-state index in [1.54, 1.807) is 12.4 Å². The van der Waals surface area contributed by atoms with Gasteiger partial charge in [-0.15, -0.1) is 0 Å². The van der Waals surface area contributed by atoms with E-state index in [9.17, 15) is 4.79 Å². The molecule has 0 radical (unpaired) electrons. The Morgan fingerprint density at radius 1 is 1.43 bits per heavy atom. The van der Waals surface area contributed by atoms with Crippen LogP contribution in [0.1, 0.15) is 33.6 Å². The van der Waals surface area contributed by atoms with Crippen LogP contribution in [0.5, 0.6) is 0 Å². The van der Waals surface area contributed by atoms with Gasteiger partial charge in [0.25, 0.3) is 0 Å². The maximum absolute atomic E-state index is 11.9. The molecule has 1 fully saturated rings. The zero-order valence-electron chi connectivity index (χ0n) is 12.9. The quantitative estimate of drug-likeness (QED) is 0.906. The van der Waals surface area contributed by atoms with Gasteiger partial charge in [0.1, 0.15) is 0 Å². The van der Waals surface area contributed by atoms with Crippen molar-refractivity contribution in [2.24, 2.45) is 11.3 Å². The number of amides is 1. The lowest BCUT2D eigenvalue weighted by Crippen LogP contribution is -2.44. The van der Waals surface area contributed by atoms with E-state index in [1.807, 2.05) is 20.8 Å². The van der Waals surface area contributed by atoms with Gasteiger partial charge < -0.3 is 10.2 Å². The van der Waals surface area contributed by atoms with Crippen LogP contribution in [0.15, 0.2) is 16.9 Å². The highest BCUT2D eigenvalue weighted by Gasteiger charge is 2.25. The molecule has 0 aliphatic carbocycles. The SMILES string of the molecule is CC(C)(C)C(=O)NCC1CCCN(c2ncc(Br)cn2)C1. The van der Waals surface area contributed by atoms with Gasteiger partial charge in [-0.1, -0.05) is 20.8 Å². The second kappa shape index (κ2) is 6.73. The van der Waals surface area contributed by atoms with E-state index in [-0.39, 0.29) is 11.3 Å². The van der Waals surface area contributed by atoms with E-state index in [0.717, 1.165) is 42.9 Å². The molecular formula is C15H23BrN4O. The highest BCUT2D eigenvalue weighted by atomic mass is 79.9. The molecule has 0 bridgehead atoms. The van der Waals surface area contributed by atoms with Gasteiger partial charge in [0.2, 0.25) is 11.9 Å². The fourth-order valence-corrected chi connectivity index (χ4v) is 2.59. The summed E-state index contributed by atoms with van der Waals surface area (Å²) in [6.45, 7) is 8.40. The Morgan fingerprint density at radius 2 is 2.10 bits per heavy atom. The van der Waals surface area contributed by atoms with Crippen LogP contribution in [0.4, 0.5) is 5.95 Å². The number of nitrogens with zero attached hydrogens (tertiary/aromatic N) is 3. The molecule has 0 spiro atoms. The van der Waals surface area contributed by atoms with E-state index in [1.165, 1.54) is 0 Å². The molecule has 0 saturated carbocycles. The molecule has 1 aromatic rings. The van der Waals surface area contributed by atoms with Gasteiger partial charge in [0.05, 0.1) is 4.47 Å². The Hall–Kier alpha value is -1.17. The van der Waals surface area contributed by atoms with Crippen LogP contribution in [-0.2, 0) is 4.79 Å². The molecule has 1 atom stereocenters.